The molecule has 1 rings (SSSR count). The molecule has 0 saturated heterocycles. The molecule has 0 aromatic heterocycles. The maximum atomic E-state index is 13.6. The van der Waals surface area contributed by atoms with Crippen LogP contribution in [0.1, 0.15) is 27.7 Å². The number of hydrogen-bond acceptors (Lipinski definition) is 1. The summed E-state index contributed by atoms with van der Waals surface area (Å²) < 4.78 is 58.3. The lowest BCUT2D eigenvalue weighted by Crippen LogP contribution is -2.26. The molecule has 1 nitrogen and oxygen atoms in total. The van der Waals surface area contributed by atoms with Crippen LogP contribution in [0.4, 0.5) is 17.6 Å². The molecule has 0 unspecified atom stereocenters. The molecule has 0 aliphatic carbocycles. The van der Waals surface area contributed by atoms with Crippen LogP contribution in [0.5, 0.6) is 5.75 Å². The van der Waals surface area contributed by atoms with Gasteiger partial charge >= 0.3 is 14.5 Å². The van der Waals surface area contributed by atoms with E-state index in [4.69, 9.17) is 3.79 Å². The zero-order valence-corrected chi connectivity index (χ0v) is 13.3. The highest BCUT2D eigenvalue weighted by Gasteiger charge is 2.29. The second kappa shape index (κ2) is 7.33. The molecule has 0 N–H and O–H groups in total. The van der Waals surface area contributed by atoms with Gasteiger partial charge in [-0.3, -0.25) is 0 Å². The third-order valence-electron chi connectivity index (χ3n) is 2.83. The molecule has 0 bridgehead atoms. The van der Waals surface area contributed by atoms with Gasteiger partial charge in [-0.05, 0) is 0 Å². The highest BCUT2D eigenvalue weighted by Crippen LogP contribution is 2.27. The van der Waals surface area contributed by atoms with Gasteiger partial charge in [0.2, 0.25) is 5.82 Å². The summed E-state index contributed by atoms with van der Waals surface area (Å²) in [6.07, 6.45) is 0. The van der Waals surface area contributed by atoms with Crippen molar-refractivity contribution in [1.29, 1.82) is 0 Å². The predicted molar refractivity (Wildman–Crippen MR) is 71.9 cm³/mol. The lowest BCUT2D eigenvalue weighted by molar-refractivity contribution is 0.384. The topological polar surface area (TPSA) is 9.23 Å². The minimum atomic E-state index is -1.86. The Bertz CT molecular complexity index is 453. The van der Waals surface area contributed by atoms with Crippen LogP contribution in [0.3, 0.4) is 0 Å². The van der Waals surface area contributed by atoms with E-state index >= 15 is 0 Å². The molecule has 0 aliphatic heterocycles. The first-order valence-corrected chi connectivity index (χ1v) is 8.82. The van der Waals surface area contributed by atoms with Crippen LogP contribution >= 0.6 is 0 Å². The van der Waals surface area contributed by atoms with Gasteiger partial charge in [0, 0.05) is 6.07 Å². The summed E-state index contributed by atoms with van der Waals surface area (Å²) in [6.45, 7) is 8.02. The van der Waals surface area contributed by atoms with Crippen molar-refractivity contribution in [3.05, 3.63) is 29.3 Å². The number of halogens is 4. The highest BCUT2D eigenvalue weighted by molar-refractivity contribution is 6.52. The first-order chi connectivity index (χ1) is 9.22. The molecule has 112 valence electrons. The van der Waals surface area contributed by atoms with Crippen molar-refractivity contribution in [3.63, 3.8) is 0 Å². The zero-order chi connectivity index (χ0) is 15.4. The molecule has 0 saturated carbocycles. The van der Waals surface area contributed by atoms with Gasteiger partial charge in [-0.25, -0.2) is 13.2 Å². The van der Waals surface area contributed by atoms with Crippen molar-refractivity contribution in [1.82, 2.24) is 0 Å². The van der Waals surface area contributed by atoms with Crippen LogP contribution < -0.4 is 3.79 Å². The Balaban J connectivity index is 2.98. The van der Waals surface area contributed by atoms with Gasteiger partial charge < -0.3 is 3.79 Å². The van der Waals surface area contributed by atoms with Crippen LogP contribution in [-0.2, 0) is 0 Å². The molecular weight excluding hydrogens is 287 g/mol. The van der Waals surface area contributed by atoms with E-state index in [2.05, 4.69) is 0 Å². The summed E-state index contributed by atoms with van der Waals surface area (Å²) in [6, 6.07) is 0.592. The summed E-state index contributed by atoms with van der Waals surface area (Å²) in [7, 11) is 0. The molecule has 0 atom stereocenters. The van der Waals surface area contributed by atoms with Crippen molar-refractivity contribution in [2.75, 3.05) is 0 Å². The van der Waals surface area contributed by atoms with Gasteiger partial charge in [0.15, 0.2) is 17.5 Å². The van der Waals surface area contributed by atoms with E-state index in [1.165, 1.54) is 0 Å². The van der Waals surface area contributed by atoms with Gasteiger partial charge in [0.25, 0.3) is 0 Å². The Morgan fingerprint density at radius 2 is 1.40 bits per heavy atom. The van der Waals surface area contributed by atoms with Gasteiger partial charge in [-0.15, -0.1) is 0 Å². The van der Waals surface area contributed by atoms with Crippen LogP contribution in [-0.4, -0.2) is 14.5 Å². The normalized spacial score (nSPS) is 11.3. The number of benzene rings is 1. The second-order valence-electron chi connectivity index (χ2n) is 5.80. The van der Waals surface area contributed by atoms with Crippen LogP contribution in [0, 0.1) is 35.1 Å². The molecule has 1 aromatic carbocycles. The first-order valence-electron chi connectivity index (χ1n) is 6.72. The Hall–Kier alpha value is -0.728. The minimum absolute atomic E-state index is 0.351. The molecule has 0 spiro atoms. The molecule has 20 heavy (non-hydrogen) atoms. The summed E-state index contributed by atoms with van der Waals surface area (Å²) in [5.41, 5.74) is 0. The number of rotatable bonds is 6. The molecule has 0 amide bonds. The van der Waals surface area contributed by atoms with E-state index in [0.29, 0.717) is 17.9 Å². The average molecular weight is 306 g/mol. The van der Waals surface area contributed by atoms with Crippen molar-refractivity contribution >= 4 is 14.5 Å². The van der Waals surface area contributed by atoms with Crippen molar-refractivity contribution < 1.29 is 21.4 Å². The average Bonchev–Trinajstić information content (AvgIpc) is 2.31. The maximum absolute atomic E-state index is 13.6. The Morgan fingerprint density at radius 3 is 1.85 bits per heavy atom. The highest BCUT2D eigenvalue weighted by atomic mass is 27.2. The van der Waals surface area contributed by atoms with E-state index in [1.54, 1.807) is 0 Å². The Morgan fingerprint density at radius 1 is 0.900 bits per heavy atom. The maximum Gasteiger partial charge on any atom is 0.547 e. The monoisotopic (exact) mass is 306 g/mol. The van der Waals surface area contributed by atoms with Gasteiger partial charge in [-0.2, -0.15) is 4.39 Å². The van der Waals surface area contributed by atoms with E-state index in [9.17, 15) is 17.6 Å². The van der Waals surface area contributed by atoms with Gasteiger partial charge in [0.05, 0.1) is 0 Å². The van der Waals surface area contributed by atoms with Gasteiger partial charge in [-0.1, -0.05) is 50.1 Å². The fourth-order valence-electron chi connectivity index (χ4n) is 2.06. The summed E-state index contributed by atoms with van der Waals surface area (Å²) >= 11 is -1.86. The van der Waals surface area contributed by atoms with E-state index in [-0.39, 0.29) is 0 Å². The van der Waals surface area contributed by atoms with Gasteiger partial charge in [0.1, 0.15) is 5.75 Å². The third-order valence-corrected chi connectivity index (χ3v) is 6.36. The van der Waals surface area contributed by atoms with Crippen LogP contribution in [0.2, 0.25) is 10.6 Å². The van der Waals surface area contributed by atoms with Crippen LogP contribution in [0.25, 0.3) is 0 Å². The molecule has 1 aromatic rings. The van der Waals surface area contributed by atoms with E-state index < -0.39 is 43.5 Å². The van der Waals surface area contributed by atoms with Crippen molar-refractivity contribution in [2.45, 2.75) is 38.3 Å². The molecule has 6 heteroatoms. The lowest BCUT2D eigenvalue weighted by Gasteiger charge is -2.19. The molecule has 0 aliphatic rings. The molecule has 0 fully saturated rings. The van der Waals surface area contributed by atoms with Crippen molar-refractivity contribution in [2.24, 2.45) is 11.8 Å². The summed E-state index contributed by atoms with van der Waals surface area (Å²) in [5.74, 6) is -6.32. The second-order valence-corrected chi connectivity index (χ2v) is 8.22. The Labute approximate surface area is 121 Å². The smallest absolute Gasteiger partial charge is 0.547 e. The summed E-state index contributed by atoms with van der Waals surface area (Å²) in [4.78, 5) is 0. The molecule has 0 radical (unpaired) electrons. The SMILES string of the molecule is CC(C)[CH2][Al]([CH2]C(C)C)[O]c1cc(F)c(F)c(F)c1F. The fraction of sp³-hybridized carbons (Fsp3) is 0.571. The lowest BCUT2D eigenvalue weighted by atomic mass is 10.3. The fourth-order valence-corrected chi connectivity index (χ4v) is 5.08. The minimum Gasteiger partial charge on any atom is -0.640 e. The first kappa shape index (κ1) is 17.3. The van der Waals surface area contributed by atoms with E-state index in [0.717, 1.165) is 10.6 Å². The van der Waals surface area contributed by atoms with Crippen LogP contribution in [0.15, 0.2) is 6.07 Å². The largest absolute Gasteiger partial charge is 0.640 e. The van der Waals surface area contributed by atoms with E-state index in [1.807, 2.05) is 27.7 Å². The zero-order valence-electron chi connectivity index (χ0n) is 12.1. The predicted octanol–water partition coefficient (Wildman–Crippen LogP) is 4.93. The van der Waals surface area contributed by atoms with Crippen molar-refractivity contribution in [3.8, 4) is 5.75 Å². The molecule has 0 heterocycles. The number of hydrogen-bond donors (Lipinski definition) is 0. The standard InChI is InChI=1S/C6H2F4O.2C4H9.Al/c7-2-1-3(11)5(9)6(10)4(2)8;2*1-4(2)3;/h1,11H;2*4H,1H2,2-3H3;/q;;;+1/p-1. The summed E-state index contributed by atoms with van der Waals surface area (Å²) in [5, 5.41) is 1.52. The Kier molecular flexibility index (Phi) is 6.35. The quantitative estimate of drug-likeness (QED) is 0.313. The molecular formula is C14H19AlF4O. The third kappa shape index (κ3) is 4.68.